The summed E-state index contributed by atoms with van der Waals surface area (Å²) in [7, 11) is 0. The van der Waals surface area contributed by atoms with E-state index >= 15 is 0 Å². The molecular weight excluding hydrogens is 323 g/mol. The Labute approximate surface area is 112 Å². The average Bonchev–Trinajstić information content (AvgIpc) is 2.31. The smallest absolute Gasteiger partial charge is 0.404 e. The van der Waals surface area contributed by atoms with Crippen LogP contribution in [-0.4, -0.2) is 36.0 Å². The van der Waals surface area contributed by atoms with Gasteiger partial charge in [0.1, 0.15) is 0 Å². The van der Waals surface area contributed by atoms with E-state index in [0.29, 0.717) is 0 Å². The molecule has 2 nitrogen and oxygen atoms in total. The molecule has 0 saturated heterocycles. The quantitative estimate of drug-likeness (QED) is 0.581. The van der Waals surface area contributed by atoms with Crippen molar-refractivity contribution in [1.82, 2.24) is 0 Å². The van der Waals surface area contributed by atoms with Crippen LogP contribution in [0.5, 0.6) is 0 Å². The van der Waals surface area contributed by atoms with Crippen LogP contribution in [0.15, 0.2) is 0 Å². The molecule has 0 aromatic heterocycles. The third-order valence-electron chi connectivity index (χ3n) is 3.50. The Morgan fingerprint density at radius 3 is 1.71 bits per heavy atom. The summed E-state index contributed by atoms with van der Waals surface area (Å²) in [5.74, 6) is -19.2. The highest BCUT2D eigenvalue weighted by molar-refractivity contribution is 5.78. The Hall–Kier alpha value is -1.16. The van der Waals surface area contributed by atoms with Crippen molar-refractivity contribution in [2.75, 3.05) is 0 Å². The number of carbonyl (C=O) groups is 1. The first kappa shape index (κ1) is 17.9. The van der Waals surface area contributed by atoms with Crippen LogP contribution in [0, 0.1) is 5.41 Å². The maximum atomic E-state index is 12.8. The van der Waals surface area contributed by atoms with Crippen molar-refractivity contribution in [2.24, 2.45) is 5.41 Å². The molecule has 0 aromatic carbocycles. The minimum absolute atomic E-state index is 0.239. The predicted molar refractivity (Wildman–Crippen MR) is 49.2 cm³/mol. The fourth-order valence-corrected chi connectivity index (χ4v) is 1.55. The third kappa shape index (κ3) is 2.07. The van der Waals surface area contributed by atoms with Gasteiger partial charge in [-0.1, -0.05) is 6.92 Å². The van der Waals surface area contributed by atoms with Gasteiger partial charge in [0.25, 0.3) is 0 Å². The summed E-state index contributed by atoms with van der Waals surface area (Å²) < 4.78 is 118. The van der Waals surface area contributed by atoms with E-state index in [1.165, 1.54) is 0 Å². The van der Waals surface area contributed by atoms with Crippen molar-refractivity contribution in [1.29, 1.82) is 0 Å². The molecule has 11 heteroatoms. The normalized spacial score (nSPS) is 26.6. The lowest BCUT2D eigenvalue weighted by molar-refractivity contribution is -0.447. The number of rotatable bonds is 3. The van der Waals surface area contributed by atoms with Gasteiger partial charge in [-0.15, -0.1) is 0 Å². The summed E-state index contributed by atoms with van der Waals surface area (Å²) >= 11 is 0. The van der Waals surface area contributed by atoms with Gasteiger partial charge in [-0.2, -0.15) is 39.5 Å². The van der Waals surface area contributed by atoms with Gasteiger partial charge in [0.05, 0.1) is 0 Å². The van der Waals surface area contributed by atoms with Crippen LogP contribution in [0.3, 0.4) is 0 Å². The standard InChI is InChI=1S/C10H9F9O2/c1-3-6(2,10(17,18)19)5(20)21-4-7(11,12)9(15,16)8(4,13)14/h4H,3H2,1-2H3. The van der Waals surface area contributed by atoms with E-state index in [2.05, 4.69) is 4.74 Å². The topological polar surface area (TPSA) is 26.3 Å². The zero-order chi connectivity index (χ0) is 17.1. The van der Waals surface area contributed by atoms with Crippen LogP contribution in [-0.2, 0) is 9.53 Å². The number of alkyl halides is 9. The van der Waals surface area contributed by atoms with Crippen molar-refractivity contribution in [3.05, 3.63) is 0 Å². The highest BCUT2D eigenvalue weighted by atomic mass is 19.4. The molecule has 1 rings (SSSR count). The first-order valence-corrected chi connectivity index (χ1v) is 5.48. The predicted octanol–water partition coefficient (Wildman–Crippen LogP) is 3.80. The molecule has 1 aliphatic carbocycles. The number of halogens is 9. The second-order valence-corrected chi connectivity index (χ2v) is 4.79. The van der Waals surface area contributed by atoms with E-state index < -0.39 is 47.9 Å². The fourth-order valence-electron chi connectivity index (χ4n) is 1.55. The molecule has 0 N–H and O–H groups in total. The van der Waals surface area contributed by atoms with Crippen LogP contribution >= 0.6 is 0 Å². The first-order chi connectivity index (χ1) is 9.07. The molecule has 124 valence electrons. The summed E-state index contributed by atoms with van der Waals surface area (Å²) in [6.45, 7) is 1.07. The summed E-state index contributed by atoms with van der Waals surface area (Å²) in [5.41, 5.74) is -3.36. The molecule has 0 aliphatic heterocycles. The number of ether oxygens (including phenoxy) is 1. The minimum Gasteiger partial charge on any atom is -0.448 e. The Morgan fingerprint density at radius 2 is 1.43 bits per heavy atom. The van der Waals surface area contributed by atoms with E-state index in [0.717, 1.165) is 6.92 Å². The lowest BCUT2D eigenvalue weighted by atomic mass is 9.80. The number of carbonyl (C=O) groups excluding carboxylic acids is 1. The second kappa shape index (κ2) is 4.42. The molecule has 0 heterocycles. The highest BCUT2D eigenvalue weighted by Gasteiger charge is 2.92. The molecule has 1 unspecified atom stereocenters. The maximum absolute atomic E-state index is 12.8. The van der Waals surface area contributed by atoms with Gasteiger partial charge in [-0.3, -0.25) is 4.79 Å². The maximum Gasteiger partial charge on any atom is 0.404 e. The molecule has 1 fully saturated rings. The number of hydrogen-bond donors (Lipinski definition) is 0. The Balaban J connectivity index is 3.05. The molecule has 21 heavy (non-hydrogen) atoms. The van der Waals surface area contributed by atoms with Crippen molar-refractivity contribution in [3.8, 4) is 0 Å². The minimum atomic E-state index is -5.80. The molecule has 0 amide bonds. The Morgan fingerprint density at radius 1 is 1.05 bits per heavy atom. The van der Waals surface area contributed by atoms with Crippen LogP contribution < -0.4 is 0 Å². The van der Waals surface area contributed by atoms with Crippen molar-refractivity contribution in [3.63, 3.8) is 0 Å². The van der Waals surface area contributed by atoms with Gasteiger partial charge in [0.15, 0.2) is 5.41 Å². The van der Waals surface area contributed by atoms with Gasteiger partial charge in [-0.25, -0.2) is 0 Å². The summed E-state index contributed by atoms with van der Waals surface area (Å²) in [5, 5.41) is 0. The number of esters is 1. The van der Waals surface area contributed by atoms with Crippen molar-refractivity contribution < 1.29 is 49.0 Å². The molecular formula is C10H9F9O2. The van der Waals surface area contributed by atoms with E-state index in [1.807, 2.05) is 0 Å². The van der Waals surface area contributed by atoms with Gasteiger partial charge >= 0.3 is 29.9 Å². The van der Waals surface area contributed by atoms with Gasteiger partial charge in [-0.05, 0) is 13.3 Å². The Bertz CT molecular complexity index is 424. The molecule has 1 atom stereocenters. The van der Waals surface area contributed by atoms with Crippen LogP contribution in [0.2, 0.25) is 0 Å². The molecule has 0 spiro atoms. The van der Waals surface area contributed by atoms with Crippen molar-refractivity contribution >= 4 is 5.97 Å². The third-order valence-corrected chi connectivity index (χ3v) is 3.50. The monoisotopic (exact) mass is 332 g/mol. The molecule has 0 radical (unpaired) electrons. The summed E-state index contributed by atoms with van der Waals surface area (Å²) in [6.07, 6.45) is -10.2. The second-order valence-electron chi connectivity index (χ2n) is 4.79. The van der Waals surface area contributed by atoms with Crippen LogP contribution in [0.25, 0.3) is 0 Å². The van der Waals surface area contributed by atoms with E-state index in [-0.39, 0.29) is 6.92 Å². The lowest BCUT2D eigenvalue weighted by Crippen LogP contribution is -2.79. The first-order valence-electron chi connectivity index (χ1n) is 5.48. The molecule has 1 saturated carbocycles. The summed E-state index contributed by atoms with van der Waals surface area (Å²) in [6, 6.07) is 0. The van der Waals surface area contributed by atoms with E-state index in [9.17, 15) is 44.3 Å². The zero-order valence-corrected chi connectivity index (χ0v) is 10.5. The number of hydrogen-bond acceptors (Lipinski definition) is 2. The fraction of sp³-hybridized carbons (Fsp3) is 0.900. The van der Waals surface area contributed by atoms with Crippen LogP contribution in [0.4, 0.5) is 39.5 Å². The largest absolute Gasteiger partial charge is 0.448 e. The Kier molecular flexibility index (Phi) is 3.76. The molecule has 0 bridgehead atoms. The zero-order valence-electron chi connectivity index (χ0n) is 10.5. The van der Waals surface area contributed by atoms with Crippen LogP contribution in [0.1, 0.15) is 20.3 Å². The lowest BCUT2D eigenvalue weighted by Gasteiger charge is -2.49. The van der Waals surface area contributed by atoms with Gasteiger partial charge in [0, 0.05) is 0 Å². The molecule has 1 aliphatic rings. The summed E-state index contributed by atoms with van der Waals surface area (Å²) in [4.78, 5) is 11.3. The van der Waals surface area contributed by atoms with E-state index in [1.54, 1.807) is 0 Å². The van der Waals surface area contributed by atoms with Gasteiger partial charge in [0.2, 0.25) is 6.10 Å². The van der Waals surface area contributed by atoms with E-state index in [4.69, 9.17) is 0 Å². The molecule has 0 aromatic rings. The van der Waals surface area contributed by atoms with Gasteiger partial charge < -0.3 is 4.74 Å². The highest BCUT2D eigenvalue weighted by Crippen LogP contribution is 2.62. The van der Waals surface area contributed by atoms with Crippen molar-refractivity contribution in [2.45, 2.75) is 50.3 Å². The average molecular weight is 332 g/mol. The SMILES string of the molecule is CCC(C)(C(=O)OC1C(F)(F)C(F)(F)C1(F)F)C(F)(F)F.